The topological polar surface area (TPSA) is 49.9 Å². The number of aryl methyl sites for hydroxylation is 1. The molecule has 35 heavy (non-hydrogen) atoms. The van der Waals surface area contributed by atoms with Crippen molar-refractivity contribution in [2.24, 2.45) is 0 Å². The fraction of sp³-hybridized carbons (Fsp3) is 0.357. The number of thiophene rings is 1. The Labute approximate surface area is 216 Å². The van der Waals surface area contributed by atoms with Gasteiger partial charge >= 0.3 is 0 Å². The van der Waals surface area contributed by atoms with Gasteiger partial charge in [-0.25, -0.2) is 0 Å². The number of hydrogen-bond donors (Lipinski definition) is 0. The van der Waals surface area contributed by atoms with Crippen LogP contribution in [0.3, 0.4) is 0 Å². The molecule has 5 nitrogen and oxygen atoms in total. The minimum atomic E-state index is -0.196. The smallest absolute Gasteiger partial charge is 0.254 e. The number of carbonyl (C=O) groups excluding carboxylic acids is 2. The lowest BCUT2D eigenvalue weighted by Crippen LogP contribution is -2.49. The second-order valence-corrected chi connectivity index (χ2v) is 10.4. The number of fused-ring (bicyclic) bond motifs is 1. The monoisotopic (exact) mass is 510 g/mol. The van der Waals surface area contributed by atoms with Crippen LogP contribution in [0.4, 0.5) is 0 Å². The van der Waals surface area contributed by atoms with Crippen LogP contribution < -0.4 is 4.74 Å². The molecule has 0 unspecified atom stereocenters. The Morgan fingerprint density at radius 3 is 2.69 bits per heavy atom. The molecule has 2 atom stereocenters. The average molecular weight is 511 g/mol. The number of rotatable bonds is 8. The maximum Gasteiger partial charge on any atom is 0.254 e. The first-order valence-corrected chi connectivity index (χ1v) is 13.2. The zero-order valence-corrected chi connectivity index (χ0v) is 21.9. The molecule has 0 spiro atoms. The van der Waals surface area contributed by atoms with E-state index in [1.165, 1.54) is 10.4 Å². The van der Waals surface area contributed by atoms with Crippen LogP contribution in [-0.2, 0) is 11.2 Å². The van der Waals surface area contributed by atoms with Gasteiger partial charge in [0.1, 0.15) is 18.9 Å². The van der Waals surface area contributed by atoms with Gasteiger partial charge in [-0.05, 0) is 74.0 Å². The average Bonchev–Trinajstić information content (AvgIpc) is 3.35. The molecule has 3 aromatic rings. The lowest BCUT2D eigenvalue weighted by atomic mass is 10.00. The molecule has 2 aromatic carbocycles. The quantitative estimate of drug-likeness (QED) is 0.365. The zero-order valence-electron chi connectivity index (χ0n) is 20.4. The van der Waals surface area contributed by atoms with Crippen molar-refractivity contribution in [3.8, 4) is 5.75 Å². The first-order valence-electron chi connectivity index (χ1n) is 12.0. The summed E-state index contributed by atoms with van der Waals surface area (Å²) in [6, 6.07) is 16.6. The fourth-order valence-corrected chi connectivity index (χ4v) is 5.47. The Morgan fingerprint density at radius 2 is 1.97 bits per heavy atom. The van der Waals surface area contributed by atoms with Crippen LogP contribution in [-0.4, -0.2) is 47.4 Å². The van der Waals surface area contributed by atoms with Crippen molar-refractivity contribution in [2.45, 2.75) is 45.7 Å². The molecule has 0 N–H and O–H groups in total. The molecule has 0 bridgehead atoms. The van der Waals surface area contributed by atoms with E-state index in [1.54, 1.807) is 40.5 Å². The summed E-state index contributed by atoms with van der Waals surface area (Å²) < 4.78 is 6.13. The molecule has 7 heteroatoms. The van der Waals surface area contributed by atoms with Gasteiger partial charge in [-0.15, -0.1) is 11.3 Å². The summed E-state index contributed by atoms with van der Waals surface area (Å²) in [4.78, 5) is 31.9. The van der Waals surface area contributed by atoms with E-state index in [9.17, 15) is 9.59 Å². The minimum absolute atomic E-state index is 0.0147. The Bertz CT molecular complexity index is 1180. The summed E-state index contributed by atoms with van der Waals surface area (Å²) in [5.74, 6) is 0.522. The highest BCUT2D eigenvalue weighted by Crippen LogP contribution is 2.34. The van der Waals surface area contributed by atoms with Crippen LogP contribution in [0.5, 0.6) is 5.75 Å². The third-order valence-electron chi connectivity index (χ3n) is 6.60. The lowest BCUT2D eigenvalue weighted by molar-refractivity contribution is -0.136. The van der Waals surface area contributed by atoms with Crippen LogP contribution in [0, 0.1) is 6.92 Å². The summed E-state index contributed by atoms with van der Waals surface area (Å²) in [5, 5.41) is 2.58. The highest BCUT2D eigenvalue weighted by atomic mass is 35.5. The van der Waals surface area contributed by atoms with Crippen molar-refractivity contribution >= 4 is 34.8 Å². The van der Waals surface area contributed by atoms with Gasteiger partial charge in [0.05, 0.1) is 6.04 Å². The van der Waals surface area contributed by atoms with Gasteiger partial charge < -0.3 is 14.5 Å². The summed E-state index contributed by atoms with van der Waals surface area (Å²) >= 11 is 7.85. The van der Waals surface area contributed by atoms with Gasteiger partial charge in [0.25, 0.3) is 5.91 Å². The second kappa shape index (κ2) is 11.3. The number of carbonyl (C=O) groups is 2. The Balaban J connectivity index is 1.54. The van der Waals surface area contributed by atoms with E-state index in [0.717, 1.165) is 24.2 Å². The van der Waals surface area contributed by atoms with E-state index in [2.05, 4.69) is 11.4 Å². The second-order valence-electron chi connectivity index (χ2n) is 8.98. The van der Waals surface area contributed by atoms with Crippen LogP contribution >= 0.6 is 22.9 Å². The third kappa shape index (κ3) is 5.88. The molecule has 184 valence electrons. The van der Waals surface area contributed by atoms with Gasteiger partial charge in [0.2, 0.25) is 5.91 Å². The lowest BCUT2D eigenvalue weighted by Gasteiger charge is -2.38. The van der Waals surface area contributed by atoms with Gasteiger partial charge in [-0.1, -0.05) is 42.3 Å². The van der Waals surface area contributed by atoms with E-state index in [1.807, 2.05) is 49.9 Å². The predicted octanol–water partition coefficient (Wildman–Crippen LogP) is 6.16. The molecule has 0 fully saturated rings. The highest BCUT2D eigenvalue weighted by Gasteiger charge is 2.34. The van der Waals surface area contributed by atoms with Crippen molar-refractivity contribution in [3.05, 3.63) is 86.6 Å². The molecule has 2 amide bonds. The number of hydrogen-bond acceptors (Lipinski definition) is 4. The maximum atomic E-state index is 13.7. The normalized spacial score (nSPS) is 15.9. The third-order valence-corrected chi connectivity index (χ3v) is 7.84. The van der Waals surface area contributed by atoms with Crippen molar-refractivity contribution in [2.75, 3.05) is 19.7 Å². The van der Waals surface area contributed by atoms with Crippen molar-refractivity contribution in [1.29, 1.82) is 0 Å². The molecule has 1 aromatic heterocycles. The first kappa shape index (κ1) is 25.3. The SMILES string of the molecule is CC[C@H](C)N(CC(=O)N1CCc2sccc2[C@H]1COc1ccc(C)cc1)C(=O)c1cccc(Cl)c1. The molecular weight excluding hydrogens is 480 g/mol. The molecule has 2 heterocycles. The summed E-state index contributed by atoms with van der Waals surface area (Å²) in [6.45, 7) is 7.01. The maximum absolute atomic E-state index is 13.7. The van der Waals surface area contributed by atoms with E-state index in [-0.39, 0.29) is 30.4 Å². The number of amides is 2. The molecule has 0 saturated carbocycles. The minimum Gasteiger partial charge on any atom is -0.491 e. The van der Waals surface area contributed by atoms with Crippen molar-refractivity contribution in [3.63, 3.8) is 0 Å². The van der Waals surface area contributed by atoms with Crippen molar-refractivity contribution in [1.82, 2.24) is 9.80 Å². The van der Waals surface area contributed by atoms with E-state index < -0.39 is 0 Å². The van der Waals surface area contributed by atoms with Gasteiger partial charge in [0.15, 0.2) is 0 Å². The van der Waals surface area contributed by atoms with E-state index in [0.29, 0.717) is 23.7 Å². The molecular formula is C28H31ClN2O3S. The molecule has 4 rings (SSSR count). The predicted molar refractivity (Wildman–Crippen MR) is 141 cm³/mol. The molecule has 1 aliphatic heterocycles. The number of benzene rings is 2. The standard InChI is InChI=1S/C28H31ClN2O3S/c1-4-20(3)31(28(33)21-6-5-7-22(29)16-21)17-27(32)30-14-12-26-24(13-15-35-26)25(30)18-34-23-10-8-19(2)9-11-23/h5-11,13,15-16,20,25H,4,12,14,17-18H2,1-3H3/t20-,25+/m0/s1. The Morgan fingerprint density at radius 1 is 1.20 bits per heavy atom. The highest BCUT2D eigenvalue weighted by molar-refractivity contribution is 7.10. The van der Waals surface area contributed by atoms with Crippen LogP contribution in [0.25, 0.3) is 0 Å². The summed E-state index contributed by atoms with van der Waals surface area (Å²) in [7, 11) is 0. The molecule has 1 aliphatic rings. The molecule has 0 radical (unpaired) electrons. The molecule has 0 aliphatic carbocycles. The summed E-state index contributed by atoms with van der Waals surface area (Å²) in [6.07, 6.45) is 1.56. The van der Waals surface area contributed by atoms with E-state index in [4.69, 9.17) is 16.3 Å². The van der Waals surface area contributed by atoms with Crippen molar-refractivity contribution < 1.29 is 14.3 Å². The van der Waals surface area contributed by atoms with Gasteiger partial charge in [-0.3, -0.25) is 9.59 Å². The number of halogens is 1. The van der Waals surface area contributed by atoms with Crippen LogP contribution in [0.15, 0.2) is 60.0 Å². The largest absolute Gasteiger partial charge is 0.491 e. The van der Waals surface area contributed by atoms with E-state index >= 15 is 0 Å². The van der Waals surface area contributed by atoms with Gasteiger partial charge in [0, 0.05) is 28.0 Å². The number of ether oxygens (including phenoxy) is 1. The number of nitrogens with zero attached hydrogens (tertiary/aromatic N) is 2. The van der Waals surface area contributed by atoms with Crippen LogP contribution in [0.2, 0.25) is 5.02 Å². The zero-order chi connectivity index (χ0) is 24.9. The Kier molecular flexibility index (Phi) is 8.14. The molecule has 0 saturated heterocycles. The van der Waals surface area contributed by atoms with Gasteiger partial charge in [-0.2, -0.15) is 0 Å². The summed E-state index contributed by atoms with van der Waals surface area (Å²) in [5.41, 5.74) is 2.79. The first-order chi connectivity index (χ1) is 16.9. The Hall–Kier alpha value is -2.83. The van der Waals surface area contributed by atoms with Crippen LogP contribution in [0.1, 0.15) is 52.7 Å². The fourth-order valence-electron chi connectivity index (χ4n) is 4.36.